The molecular formula is C15H21N5O2. The van der Waals surface area contributed by atoms with Gasteiger partial charge in [0, 0.05) is 32.6 Å². The predicted octanol–water partition coefficient (Wildman–Crippen LogP) is 1.74. The topological polar surface area (TPSA) is 74.0 Å². The molecule has 1 fully saturated rings. The van der Waals surface area contributed by atoms with E-state index in [-0.39, 0.29) is 17.9 Å². The van der Waals surface area contributed by atoms with Gasteiger partial charge in [-0.05, 0) is 25.8 Å². The first kappa shape index (κ1) is 14.8. The van der Waals surface area contributed by atoms with Crippen LogP contribution in [0.4, 0.5) is 5.69 Å². The Hall–Kier alpha value is -2.15. The minimum atomic E-state index is -0.248. The van der Waals surface area contributed by atoms with Gasteiger partial charge in [0.05, 0.1) is 23.5 Å². The molecule has 0 saturated carbocycles. The maximum Gasteiger partial charge on any atom is 0.230 e. The van der Waals surface area contributed by atoms with Crippen molar-refractivity contribution in [3.8, 4) is 0 Å². The fourth-order valence-corrected chi connectivity index (χ4v) is 2.84. The van der Waals surface area contributed by atoms with Gasteiger partial charge >= 0.3 is 0 Å². The maximum atomic E-state index is 12.6. The summed E-state index contributed by atoms with van der Waals surface area (Å²) in [4.78, 5) is 12.6. The number of hydrogen-bond donors (Lipinski definition) is 1. The van der Waals surface area contributed by atoms with Crippen LogP contribution >= 0.6 is 0 Å². The molecule has 1 N–H and O–H groups in total. The molecule has 2 atom stereocenters. The molecule has 3 heterocycles. The molecule has 7 heteroatoms. The number of ether oxygens (including phenoxy) is 1. The molecule has 0 unspecified atom stereocenters. The second kappa shape index (κ2) is 6.31. The van der Waals surface area contributed by atoms with E-state index in [9.17, 15) is 4.79 Å². The van der Waals surface area contributed by atoms with Gasteiger partial charge in [0.2, 0.25) is 5.91 Å². The number of aromatic nitrogens is 4. The van der Waals surface area contributed by atoms with Crippen LogP contribution in [0.1, 0.15) is 31.6 Å². The van der Waals surface area contributed by atoms with E-state index in [0.717, 1.165) is 30.8 Å². The van der Waals surface area contributed by atoms with Crippen LogP contribution in [-0.4, -0.2) is 32.1 Å². The number of rotatable bonds is 4. The van der Waals surface area contributed by atoms with Crippen LogP contribution in [0.25, 0.3) is 0 Å². The summed E-state index contributed by atoms with van der Waals surface area (Å²) in [5.74, 6) is -0.240. The van der Waals surface area contributed by atoms with Crippen LogP contribution in [0.3, 0.4) is 0 Å². The lowest BCUT2D eigenvalue weighted by molar-refractivity contribution is -0.129. The minimum absolute atomic E-state index is 0.0263. The zero-order chi connectivity index (χ0) is 15.5. The second-order valence-corrected chi connectivity index (χ2v) is 5.49. The molecule has 0 spiro atoms. The number of aryl methyl sites for hydroxylation is 2. The second-order valence-electron chi connectivity index (χ2n) is 5.49. The smallest absolute Gasteiger partial charge is 0.230 e. The molecule has 1 saturated heterocycles. The third kappa shape index (κ3) is 2.89. The normalized spacial score (nSPS) is 21.7. The lowest BCUT2D eigenvalue weighted by atomic mass is 9.91. The SMILES string of the molecule is CCn1cc(NC(=O)[C@@H]2CCCO[C@H]2c2ccnn2C)cn1. The number of carbonyl (C=O) groups excluding carboxylic acids is 1. The summed E-state index contributed by atoms with van der Waals surface area (Å²) in [5.41, 5.74) is 1.66. The molecule has 2 aromatic heterocycles. The molecule has 1 aliphatic heterocycles. The first-order chi connectivity index (χ1) is 10.7. The van der Waals surface area contributed by atoms with Gasteiger partial charge in [-0.25, -0.2) is 0 Å². The molecular weight excluding hydrogens is 282 g/mol. The highest BCUT2D eigenvalue weighted by molar-refractivity contribution is 5.92. The third-order valence-electron chi connectivity index (χ3n) is 4.03. The molecule has 0 aliphatic carbocycles. The van der Waals surface area contributed by atoms with Crippen LogP contribution in [-0.2, 0) is 23.1 Å². The van der Waals surface area contributed by atoms with Crippen molar-refractivity contribution in [2.24, 2.45) is 13.0 Å². The fraction of sp³-hybridized carbons (Fsp3) is 0.533. The van der Waals surface area contributed by atoms with Gasteiger partial charge in [-0.3, -0.25) is 14.2 Å². The standard InChI is InChI=1S/C15H21N5O2/c1-3-20-10-11(9-17-20)18-15(21)12-5-4-8-22-14(12)13-6-7-16-19(13)2/h6-7,9-10,12,14H,3-5,8H2,1-2H3,(H,18,21)/t12-,14-/m1/s1. The summed E-state index contributed by atoms with van der Waals surface area (Å²) in [6, 6.07) is 1.91. The van der Waals surface area contributed by atoms with E-state index in [1.54, 1.807) is 21.8 Å². The van der Waals surface area contributed by atoms with Crippen LogP contribution in [0.5, 0.6) is 0 Å². The number of nitrogens with zero attached hydrogens (tertiary/aromatic N) is 4. The van der Waals surface area contributed by atoms with Crippen LogP contribution in [0.15, 0.2) is 24.7 Å². The van der Waals surface area contributed by atoms with Crippen LogP contribution < -0.4 is 5.32 Å². The molecule has 0 radical (unpaired) electrons. The van der Waals surface area contributed by atoms with Gasteiger partial charge < -0.3 is 10.1 Å². The lowest BCUT2D eigenvalue weighted by Gasteiger charge is -2.30. The highest BCUT2D eigenvalue weighted by Gasteiger charge is 2.34. The Morgan fingerprint density at radius 3 is 3.05 bits per heavy atom. The average molecular weight is 303 g/mol. The number of hydrogen-bond acceptors (Lipinski definition) is 4. The van der Waals surface area contributed by atoms with E-state index >= 15 is 0 Å². The molecule has 1 aliphatic rings. The van der Waals surface area contributed by atoms with Gasteiger partial charge in [-0.1, -0.05) is 0 Å². The Labute approximate surface area is 129 Å². The van der Waals surface area contributed by atoms with Gasteiger partial charge in [0.25, 0.3) is 0 Å². The molecule has 2 aromatic rings. The number of nitrogens with one attached hydrogen (secondary N) is 1. The highest BCUT2D eigenvalue weighted by Crippen LogP contribution is 2.34. The Kier molecular flexibility index (Phi) is 4.24. The van der Waals surface area contributed by atoms with Gasteiger partial charge in [0.15, 0.2) is 0 Å². The number of anilines is 1. The van der Waals surface area contributed by atoms with Crippen molar-refractivity contribution in [3.05, 3.63) is 30.4 Å². The predicted molar refractivity (Wildman–Crippen MR) is 81.2 cm³/mol. The molecule has 22 heavy (non-hydrogen) atoms. The van der Waals surface area contributed by atoms with Gasteiger partial charge in [-0.15, -0.1) is 0 Å². The largest absolute Gasteiger partial charge is 0.371 e. The average Bonchev–Trinajstić information content (AvgIpc) is 3.16. The first-order valence-electron chi connectivity index (χ1n) is 7.62. The van der Waals surface area contributed by atoms with E-state index in [2.05, 4.69) is 15.5 Å². The fourth-order valence-electron chi connectivity index (χ4n) is 2.84. The van der Waals surface area contributed by atoms with Gasteiger partial charge in [-0.2, -0.15) is 10.2 Å². The number of carbonyl (C=O) groups is 1. The third-order valence-corrected chi connectivity index (χ3v) is 4.03. The molecule has 7 nitrogen and oxygen atoms in total. The van der Waals surface area contributed by atoms with Crippen molar-refractivity contribution in [1.29, 1.82) is 0 Å². The molecule has 1 amide bonds. The Balaban J connectivity index is 1.75. The van der Waals surface area contributed by atoms with Crippen molar-refractivity contribution >= 4 is 11.6 Å². The quantitative estimate of drug-likeness (QED) is 0.933. The molecule has 0 bridgehead atoms. The van der Waals surface area contributed by atoms with Crippen molar-refractivity contribution in [2.75, 3.05) is 11.9 Å². The van der Waals surface area contributed by atoms with E-state index in [0.29, 0.717) is 6.61 Å². The van der Waals surface area contributed by atoms with Crippen LogP contribution in [0, 0.1) is 5.92 Å². The zero-order valence-electron chi connectivity index (χ0n) is 12.9. The van der Waals surface area contributed by atoms with Crippen molar-refractivity contribution in [3.63, 3.8) is 0 Å². The monoisotopic (exact) mass is 303 g/mol. The van der Waals surface area contributed by atoms with E-state index in [1.807, 2.05) is 26.2 Å². The lowest BCUT2D eigenvalue weighted by Crippen LogP contribution is -2.34. The molecule has 3 rings (SSSR count). The zero-order valence-corrected chi connectivity index (χ0v) is 12.9. The summed E-state index contributed by atoms with van der Waals surface area (Å²) < 4.78 is 9.41. The van der Waals surface area contributed by atoms with Gasteiger partial charge in [0.1, 0.15) is 6.10 Å². The Morgan fingerprint density at radius 2 is 2.36 bits per heavy atom. The summed E-state index contributed by atoms with van der Waals surface area (Å²) >= 11 is 0. The van der Waals surface area contributed by atoms with Crippen molar-refractivity contribution in [2.45, 2.75) is 32.4 Å². The summed E-state index contributed by atoms with van der Waals surface area (Å²) in [6.45, 7) is 3.46. The van der Waals surface area contributed by atoms with E-state index < -0.39 is 0 Å². The summed E-state index contributed by atoms with van der Waals surface area (Å²) in [7, 11) is 1.87. The van der Waals surface area contributed by atoms with Crippen molar-refractivity contribution < 1.29 is 9.53 Å². The van der Waals surface area contributed by atoms with Crippen LogP contribution in [0.2, 0.25) is 0 Å². The molecule has 118 valence electrons. The summed E-state index contributed by atoms with van der Waals surface area (Å²) in [6.07, 6.45) is 6.69. The first-order valence-corrected chi connectivity index (χ1v) is 7.62. The maximum absolute atomic E-state index is 12.6. The number of amides is 1. The van der Waals surface area contributed by atoms with Crippen molar-refractivity contribution in [1.82, 2.24) is 19.6 Å². The highest BCUT2D eigenvalue weighted by atomic mass is 16.5. The summed E-state index contributed by atoms with van der Waals surface area (Å²) in [5, 5.41) is 11.3. The molecule has 0 aromatic carbocycles. The minimum Gasteiger partial charge on any atom is -0.371 e. The van der Waals surface area contributed by atoms with E-state index in [4.69, 9.17) is 4.74 Å². The van der Waals surface area contributed by atoms with E-state index in [1.165, 1.54) is 0 Å². The Bertz CT molecular complexity index is 648. The Morgan fingerprint density at radius 1 is 1.50 bits per heavy atom.